The van der Waals surface area contributed by atoms with Crippen molar-refractivity contribution in [3.05, 3.63) is 107 Å². The van der Waals surface area contributed by atoms with Gasteiger partial charge in [0, 0.05) is 0 Å². The van der Waals surface area contributed by atoms with E-state index in [1.165, 1.54) is 103 Å². The van der Waals surface area contributed by atoms with Crippen molar-refractivity contribution >= 4 is 81.9 Å². The Labute approximate surface area is 518 Å². The molecule has 0 atom stereocenters. The number of carbonyl (C=O) groups excluding carboxylic acids is 4. The van der Waals surface area contributed by atoms with Crippen LogP contribution in [0.25, 0.3) is 0 Å². The fourth-order valence-electron chi connectivity index (χ4n) is 8.18. The first-order valence-electron chi connectivity index (χ1n) is 30.1. The molecule has 0 unspecified atom stereocenters. The van der Waals surface area contributed by atoms with E-state index in [1.807, 2.05) is 0 Å². The molecule has 0 aliphatic heterocycles. The van der Waals surface area contributed by atoms with E-state index in [-0.39, 0.29) is 86.4 Å². The molecule has 0 aliphatic rings. The molecule has 81 heavy (non-hydrogen) atoms. The summed E-state index contributed by atoms with van der Waals surface area (Å²) >= 11 is 0. The Kier molecular flexibility index (Phi) is 48.6. The van der Waals surface area contributed by atoms with Crippen molar-refractivity contribution in [1.29, 1.82) is 0 Å². The molecule has 0 radical (unpaired) electrons. The van der Waals surface area contributed by atoms with Gasteiger partial charge in [-0.25, -0.2) is 36.0 Å². The monoisotopic (exact) mass is 1190 g/mol. The number of esters is 4. The predicted octanol–water partition coefficient (Wildman–Crippen LogP) is 16.2. The molecule has 0 bridgehead atoms. The van der Waals surface area contributed by atoms with Gasteiger partial charge in [0.25, 0.3) is 0 Å². The van der Waals surface area contributed by atoms with Gasteiger partial charge in [-0.05, 0) is 165 Å². The summed E-state index contributed by atoms with van der Waals surface area (Å²) in [6, 6.07) is 6.08. The first-order chi connectivity index (χ1) is 38.6. The van der Waals surface area contributed by atoms with E-state index in [2.05, 4.69) is 76.3 Å². The van der Waals surface area contributed by atoms with Crippen molar-refractivity contribution in [2.24, 2.45) is 0 Å². The zero-order chi connectivity index (χ0) is 59.0. The molecule has 2 aromatic rings. The molecule has 2 rings (SSSR count). The minimum atomic E-state index is -4.81. The SMILES string of the molecule is CCCCCC/C=C/CCCCOC(=O)c1ccc(S(=O)(=O)[O-])cc1C(=O)OCCCC/C=C/CCCCCC.CCCCCC/C=C/CCCCOC(=O)c1ccc(S(=O)(=O)[O-])cc1C(=O)OCCCC/C=C/CCCCCC.[Ca+2]. The second-order valence-corrected chi connectivity index (χ2v) is 22.9. The summed E-state index contributed by atoms with van der Waals surface area (Å²) in [7, 11) is -9.62. The average molecular weight is 1200 g/mol. The maximum atomic E-state index is 12.7. The van der Waals surface area contributed by atoms with Crippen molar-refractivity contribution in [2.45, 2.75) is 243 Å². The molecule has 0 N–H and O–H groups in total. The van der Waals surface area contributed by atoms with Gasteiger partial charge in [-0.2, -0.15) is 0 Å². The number of rotatable bonds is 46. The van der Waals surface area contributed by atoms with E-state index in [0.29, 0.717) is 25.7 Å². The molecule has 0 aliphatic carbocycles. The third-order valence-corrected chi connectivity index (χ3v) is 14.7. The summed E-state index contributed by atoms with van der Waals surface area (Å²) in [4.78, 5) is 49.6. The normalized spacial score (nSPS) is 11.7. The topological polar surface area (TPSA) is 220 Å². The molecule has 452 valence electrons. The molecular formula is C64H98CaO14S2. The van der Waals surface area contributed by atoms with Crippen LogP contribution >= 0.6 is 0 Å². The summed E-state index contributed by atoms with van der Waals surface area (Å²) in [6.45, 7) is 9.36. The smallest absolute Gasteiger partial charge is 0.744 e. The van der Waals surface area contributed by atoms with E-state index in [1.54, 1.807) is 0 Å². The van der Waals surface area contributed by atoms with Gasteiger partial charge in [0.1, 0.15) is 20.2 Å². The van der Waals surface area contributed by atoms with Crippen molar-refractivity contribution in [3.8, 4) is 0 Å². The second-order valence-electron chi connectivity index (χ2n) is 20.1. The molecule has 0 heterocycles. The minimum Gasteiger partial charge on any atom is -0.744 e. The Bertz CT molecular complexity index is 2200. The van der Waals surface area contributed by atoms with Crippen LogP contribution < -0.4 is 0 Å². The van der Waals surface area contributed by atoms with Crippen LogP contribution in [0.15, 0.2) is 94.8 Å². The van der Waals surface area contributed by atoms with Crippen molar-refractivity contribution in [2.75, 3.05) is 26.4 Å². The van der Waals surface area contributed by atoms with Crippen molar-refractivity contribution < 1.29 is 64.1 Å². The number of hydrogen-bond acceptors (Lipinski definition) is 14. The summed E-state index contributed by atoms with van der Waals surface area (Å²) in [5, 5.41) is 0. The summed E-state index contributed by atoms with van der Waals surface area (Å²) in [5.41, 5.74) is -0.787. The Hall–Kier alpha value is -3.64. The third-order valence-electron chi connectivity index (χ3n) is 13.0. The summed E-state index contributed by atoms with van der Waals surface area (Å²) < 4.78 is 90.2. The van der Waals surface area contributed by atoms with Crippen LogP contribution in [0.3, 0.4) is 0 Å². The van der Waals surface area contributed by atoms with E-state index in [9.17, 15) is 45.1 Å². The van der Waals surface area contributed by atoms with Crippen LogP contribution in [-0.2, 0) is 39.2 Å². The third kappa shape index (κ3) is 40.3. The molecule has 0 amide bonds. The molecule has 0 saturated heterocycles. The van der Waals surface area contributed by atoms with Gasteiger partial charge in [-0.1, -0.05) is 153 Å². The molecule has 0 aromatic heterocycles. The maximum absolute atomic E-state index is 12.7. The molecule has 0 saturated carbocycles. The van der Waals surface area contributed by atoms with Crippen LogP contribution in [-0.4, -0.2) is 114 Å². The van der Waals surface area contributed by atoms with Crippen molar-refractivity contribution in [1.82, 2.24) is 0 Å². The summed E-state index contributed by atoms with van der Waals surface area (Å²) in [5.74, 6) is -3.21. The van der Waals surface area contributed by atoms with Crippen LogP contribution in [0.5, 0.6) is 0 Å². The van der Waals surface area contributed by atoms with Crippen LogP contribution in [0.2, 0.25) is 0 Å². The molecule has 17 heteroatoms. The average Bonchev–Trinajstić information content (AvgIpc) is 3.46. The number of unbranched alkanes of at least 4 members (excludes halogenated alkanes) is 24. The van der Waals surface area contributed by atoms with Gasteiger partial charge in [0.15, 0.2) is 0 Å². The quantitative estimate of drug-likeness (QED) is 0.0150. The number of allylic oxidation sites excluding steroid dienone is 8. The molecule has 0 fully saturated rings. The van der Waals surface area contributed by atoms with Gasteiger partial charge in [0.05, 0.1) is 58.5 Å². The van der Waals surface area contributed by atoms with Gasteiger partial charge in [-0.3, -0.25) is 0 Å². The number of carbonyl (C=O) groups is 4. The zero-order valence-corrected chi connectivity index (χ0v) is 53.6. The first kappa shape index (κ1) is 77.4. The number of hydrogen-bond donors (Lipinski definition) is 0. The van der Waals surface area contributed by atoms with E-state index in [4.69, 9.17) is 18.9 Å². The van der Waals surface area contributed by atoms with E-state index < -0.39 is 53.9 Å². The molecule has 14 nitrogen and oxygen atoms in total. The largest absolute Gasteiger partial charge is 2.00 e. The Balaban J connectivity index is 0.00000156. The standard InChI is InChI=1S/2C32H50O7S.Ca/c2*1-3-5-7-9-11-13-15-17-19-21-25-38-31(33)29-24-23-28(40(35,36)37)27-30(29)32(34)39-26-22-20-18-16-14-12-10-8-6-4-2;/h2*13-16,23-24,27H,3-12,17-22,25-26H2,1-2H3,(H,35,36,37);/q;;+2/p-2/b2*15-13+,16-14+;. The van der Waals surface area contributed by atoms with Crippen LogP contribution in [0.4, 0.5) is 0 Å². The Morgan fingerprint density at radius 3 is 0.753 bits per heavy atom. The first-order valence-corrected chi connectivity index (χ1v) is 32.9. The minimum absolute atomic E-state index is 0. The summed E-state index contributed by atoms with van der Waals surface area (Å²) in [6.07, 6.45) is 50.9. The maximum Gasteiger partial charge on any atom is 2.00 e. The van der Waals surface area contributed by atoms with Gasteiger partial charge in [-0.15, -0.1) is 0 Å². The molecular weight excluding hydrogens is 1100 g/mol. The van der Waals surface area contributed by atoms with Crippen molar-refractivity contribution in [3.63, 3.8) is 0 Å². The molecule has 2 aromatic carbocycles. The van der Waals surface area contributed by atoms with Crippen LogP contribution in [0.1, 0.15) is 275 Å². The molecule has 0 spiro atoms. The second kappa shape index (κ2) is 50.8. The van der Waals surface area contributed by atoms with Crippen LogP contribution in [0, 0.1) is 0 Å². The zero-order valence-electron chi connectivity index (χ0n) is 49.8. The van der Waals surface area contributed by atoms with Gasteiger partial charge >= 0.3 is 61.6 Å². The Morgan fingerprint density at radius 1 is 0.333 bits per heavy atom. The fourth-order valence-corrected chi connectivity index (χ4v) is 9.17. The fraction of sp³-hybridized carbons (Fsp3) is 0.625. The van der Waals surface area contributed by atoms with E-state index >= 15 is 0 Å². The number of benzene rings is 2. The Morgan fingerprint density at radius 2 is 0.543 bits per heavy atom. The van der Waals surface area contributed by atoms with Gasteiger partial charge < -0.3 is 28.1 Å². The number of ether oxygens (including phenoxy) is 4. The van der Waals surface area contributed by atoms with Gasteiger partial charge in [0.2, 0.25) is 0 Å². The predicted molar refractivity (Wildman–Crippen MR) is 323 cm³/mol. The van der Waals surface area contributed by atoms with E-state index in [0.717, 1.165) is 113 Å².